The summed E-state index contributed by atoms with van der Waals surface area (Å²) in [4.78, 5) is 12.6. The number of rotatable bonds is 6. The van der Waals surface area contributed by atoms with Crippen LogP contribution in [0.25, 0.3) is 0 Å². The van der Waals surface area contributed by atoms with E-state index in [-0.39, 0.29) is 10.8 Å². The van der Waals surface area contributed by atoms with E-state index in [1.807, 2.05) is 0 Å². The van der Waals surface area contributed by atoms with Gasteiger partial charge in [-0.1, -0.05) is 30.1 Å². The molecule has 30 heavy (non-hydrogen) atoms. The van der Waals surface area contributed by atoms with Crippen LogP contribution in [-0.4, -0.2) is 37.8 Å². The van der Waals surface area contributed by atoms with E-state index in [1.54, 1.807) is 31.2 Å². The van der Waals surface area contributed by atoms with Gasteiger partial charge in [-0.2, -0.15) is 4.31 Å². The third-order valence-corrected chi connectivity index (χ3v) is 7.36. The lowest BCUT2D eigenvalue weighted by Crippen LogP contribution is -2.39. The minimum absolute atomic E-state index is 0.215. The zero-order valence-electron chi connectivity index (χ0n) is 16.8. The van der Waals surface area contributed by atoms with E-state index in [1.165, 1.54) is 22.5 Å². The van der Waals surface area contributed by atoms with Gasteiger partial charge in [0.1, 0.15) is 5.75 Å². The van der Waals surface area contributed by atoms with Crippen LogP contribution in [0, 0.1) is 5.92 Å². The van der Waals surface area contributed by atoms with Crippen LogP contribution in [0.1, 0.15) is 26.7 Å². The number of carbonyl (C=O) groups is 1. The first kappa shape index (κ1) is 22.9. The predicted octanol–water partition coefficient (Wildman–Crippen LogP) is 4.82. The predicted molar refractivity (Wildman–Crippen MR) is 119 cm³/mol. The largest absolute Gasteiger partial charge is 0.479 e. The molecule has 2 aromatic rings. The van der Waals surface area contributed by atoms with Gasteiger partial charge < -0.3 is 10.1 Å². The van der Waals surface area contributed by atoms with Gasteiger partial charge in [-0.15, -0.1) is 0 Å². The van der Waals surface area contributed by atoms with Crippen LogP contribution in [0.3, 0.4) is 0 Å². The van der Waals surface area contributed by atoms with E-state index in [4.69, 9.17) is 27.9 Å². The van der Waals surface area contributed by atoms with E-state index in [2.05, 4.69) is 12.2 Å². The summed E-state index contributed by atoms with van der Waals surface area (Å²) in [7, 11) is -3.54. The van der Waals surface area contributed by atoms with Gasteiger partial charge in [-0.3, -0.25) is 4.79 Å². The number of amides is 1. The Morgan fingerprint density at radius 3 is 2.53 bits per heavy atom. The van der Waals surface area contributed by atoms with E-state index in [0.717, 1.165) is 12.8 Å². The second kappa shape index (κ2) is 9.56. The highest BCUT2D eigenvalue weighted by atomic mass is 35.5. The molecule has 1 N–H and O–H groups in total. The minimum Gasteiger partial charge on any atom is -0.479 e. The Labute approximate surface area is 187 Å². The summed E-state index contributed by atoms with van der Waals surface area (Å²) in [5.74, 6) is 0.310. The van der Waals surface area contributed by atoms with Crippen molar-refractivity contribution in [3.8, 4) is 5.75 Å². The molecule has 9 heteroatoms. The molecule has 1 aliphatic rings. The van der Waals surface area contributed by atoms with E-state index < -0.39 is 16.1 Å². The highest BCUT2D eigenvalue weighted by Gasteiger charge is 2.28. The molecular weight excluding hydrogens is 447 g/mol. The number of piperidine rings is 1. The Bertz CT molecular complexity index is 1010. The van der Waals surface area contributed by atoms with Crippen molar-refractivity contribution < 1.29 is 17.9 Å². The fourth-order valence-electron chi connectivity index (χ4n) is 3.28. The van der Waals surface area contributed by atoms with Crippen molar-refractivity contribution >= 4 is 44.8 Å². The highest BCUT2D eigenvalue weighted by Crippen LogP contribution is 2.29. The van der Waals surface area contributed by atoms with Crippen molar-refractivity contribution in [1.29, 1.82) is 0 Å². The second-order valence-corrected chi connectivity index (χ2v) is 10.2. The van der Waals surface area contributed by atoms with E-state index in [0.29, 0.717) is 40.5 Å². The first-order valence-corrected chi connectivity index (χ1v) is 11.9. The summed E-state index contributed by atoms with van der Waals surface area (Å²) in [6, 6.07) is 10.9. The monoisotopic (exact) mass is 470 g/mol. The number of nitrogens with one attached hydrogen (secondary N) is 1. The molecule has 1 fully saturated rings. The van der Waals surface area contributed by atoms with Gasteiger partial charge in [0.2, 0.25) is 10.0 Å². The molecule has 1 heterocycles. The smallest absolute Gasteiger partial charge is 0.265 e. The molecule has 1 aliphatic heterocycles. The number of hydrogen-bond donors (Lipinski definition) is 1. The average molecular weight is 471 g/mol. The third-order valence-electron chi connectivity index (χ3n) is 4.95. The number of nitrogens with zero attached hydrogens (tertiary/aromatic N) is 1. The Hall–Kier alpha value is -1.80. The molecule has 0 spiro atoms. The van der Waals surface area contributed by atoms with E-state index in [9.17, 15) is 13.2 Å². The normalized spacial score (nSPS) is 18.6. The first-order valence-electron chi connectivity index (χ1n) is 9.69. The molecule has 162 valence electrons. The maximum Gasteiger partial charge on any atom is 0.265 e. The molecule has 0 radical (unpaired) electrons. The molecule has 1 saturated heterocycles. The maximum atomic E-state index is 12.8. The summed E-state index contributed by atoms with van der Waals surface area (Å²) in [6.45, 7) is 4.72. The zero-order valence-corrected chi connectivity index (χ0v) is 19.1. The minimum atomic E-state index is -3.54. The Balaban J connectivity index is 1.64. The van der Waals surface area contributed by atoms with Gasteiger partial charge in [-0.05, 0) is 68.1 Å². The lowest BCUT2D eigenvalue weighted by molar-refractivity contribution is -0.122. The summed E-state index contributed by atoms with van der Waals surface area (Å²) in [6.07, 6.45) is 1.09. The number of anilines is 1. The second-order valence-electron chi connectivity index (χ2n) is 7.46. The summed E-state index contributed by atoms with van der Waals surface area (Å²) >= 11 is 11.9. The van der Waals surface area contributed by atoms with Gasteiger partial charge >= 0.3 is 0 Å². The summed E-state index contributed by atoms with van der Waals surface area (Å²) in [5, 5.41) is 3.50. The van der Waals surface area contributed by atoms with Crippen LogP contribution in [0.15, 0.2) is 47.4 Å². The van der Waals surface area contributed by atoms with Crippen molar-refractivity contribution in [2.75, 3.05) is 18.4 Å². The number of carbonyl (C=O) groups excluding carboxylic acids is 1. The van der Waals surface area contributed by atoms with Crippen LogP contribution in [0.4, 0.5) is 5.69 Å². The van der Waals surface area contributed by atoms with Crippen molar-refractivity contribution in [3.63, 3.8) is 0 Å². The fourth-order valence-corrected chi connectivity index (χ4v) is 5.33. The summed E-state index contributed by atoms with van der Waals surface area (Å²) in [5.41, 5.74) is 0.476. The number of benzene rings is 2. The highest BCUT2D eigenvalue weighted by molar-refractivity contribution is 7.89. The van der Waals surface area contributed by atoms with Gasteiger partial charge in [0.05, 0.1) is 9.92 Å². The molecule has 2 aromatic carbocycles. The number of ether oxygens (including phenoxy) is 1. The molecule has 0 aliphatic carbocycles. The van der Waals surface area contributed by atoms with Gasteiger partial charge in [0.25, 0.3) is 5.91 Å². The van der Waals surface area contributed by atoms with Crippen molar-refractivity contribution in [3.05, 3.63) is 52.5 Å². The molecule has 0 bridgehead atoms. The molecule has 2 unspecified atom stereocenters. The van der Waals surface area contributed by atoms with Gasteiger partial charge in [0.15, 0.2) is 6.10 Å². The van der Waals surface area contributed by atoms with Crippen LogP contribution in [0.2, 0.25) is 10.0 Å². The lowest BCUT2D eigenvalue weighted by atomic mass is 10.0. The maximum absolute atomic E-state index is 12.8. The van der Waals surface area contributed by atoms with Crippen molar-refractivity contribution in [1.82, 2.24) is 4.31 Å². The van der Waals surface area contributed by atoms with Gasteiger partial charge in [0, 0.05) is 23.8 Å². The Morgan fingerprint density at radius 1 is 1.20 bits per heavy atom. The molecule has 2 atom stereocenters. The van der Waals surface area contributed by atoms with Crippen molar-refractivity contribution in [2.24, 2.45) is 5.92 Å². The molecule has 0 aromatic heterocycles. The van der Waals surface area contributed by atoms with E-state index >= 15 is 0 Å². The Morgan fingerprint density at radius 2 is 1.90 bits per heavy atom. The van der Waals surface area contributed by atoms with Crippen LogP contribution in [-0.2, 0) is 14.8 Å². The van der Waals surface area contributed by atoms with Crippen LogP contribution >= 0.6 is 23.2 Å². The third kappa shape index (κ3) is 5.46. The fraction of sp³-hybridized carbons (Fsp3) is 0.381. The van der Waals surface area contributed by atoms with Crippen LogP contribution in [0.5, 0.6) is 5.75 Å². The standard InChI is InChI=1S/C21H24Cl2N2O4S/c1-14-4-3-11-25(13-14)30(27,28)18-8-6-17(7-9-18)24-21(26)15(2)29-20-10-5-16(22)12-19(20)23/h5-10,12,14-15H,3-4,11,13H2,1-2H3,(H,24,26). The topological polar surface area (TPSA) is 75.7 Å². The first-order chi connectivity index (χ1) is 14.2. The average Bonchev–Trinajstić information content (AvgIpc) is 2.70. The Kier molecular flexibility index (Phi) is 7.29. The molecule has 1 amide bonds. The molecule has 3 rings (SSSR count). The number of hydrogen-bond acceptors (Lipinski definition) is 4. The molecular formula is C21H24Cl2N2O4S. The summed E-state index contributed by atoms with van der Waals surface area (Å²) < 4.78 is 32.8. The molecule has 6 nitrogen and oxygen atoms in total. The zero-order chi connectivity index (χ0) is 21.9. The number of halogens is 2. The lowest BCUT2D eigenvalue weighted by Gasteiger charge is -2.30. The quantitative estimate of drug-likeness (QED) is 0.656. The number of sulfonamides is 1. The van der Waals surface area contributed by atoms with Crippen LogP contribution < -0.4 is 10.1 Å². The van der Waals surface area contributed by atoms with Crippen molar-refractivity contribution in [2.45, 2.75) is 37.7 Å². The SMILES string of the molecule is CC1CCCN(S(=O)(=O)c2ccc(NC(=O)C(C)Oc3ccc(Cl)cc3Cl)cc2)C1. The molecule has 0 saturated carbocycles. The van der Waals surface area contributed by atoms with Gasteiger partial charge in [-0.25, -0.2) is 8.42 Å².